The number of hydrogen-bond donors (Lipinski definition) is 2. The van der Waals surface area contributed by atoms with E-state index in [9.17, 15) is 9.90 Å². The van der Waals surface area contributed by atoms with Gasteiger partial charge in [-0.25, -0.2) is 0 Å². The molecule has 0 radical (unpaired) electrons. The molecule has 100 valence electrons. The summed E-state index contributed by atoms with van der Waals surface area (Å²) < 4.78 is 0. The second-order valence-corrected chi connectivity index (χ2v) is 5.30. The zero-order valence-corrected chi connectivity index (χ0v) is 11.3. The fourth-order valence-electron chi connectivity index (χ4n) is 2.52. The molecule has 1 aliphatic heterocycles. The summed E-state index contributed by atoms with van der Waals surface area (Å²) in [6.45, 7) is 8.65. The first-order valence-electron chi connectivity index (χ1n) is 6.72. The zero-order valence-electron chi connectivity index (χ0n) is 11.3. The van der Waals surface area contributed by atoms with Gasteiger partial charge in [-0.1, -0.05) is 13.3 Å². The Labute approximate surface area is 104 Å². The Hall–Kier alpha value is -0.610. The minimum Gasteiger partial charge on any atom is -0.480 e. The van der Waals surface area contributed by atoms with Crippen molar-refractivity contribution in [2.75, 3.05) is 19.6 Å². The van der Waals surface area contributed by atoms with E-state index in [1.54, 1.807) is 6.92 Å². The van der Waals surface area contributed by atoms with Crippen LogP contribution < -0.4 is 5.32 Å². The molecule has 0 bridgehead atoms. The Morgan fingerprint density at radius 2 is 2.24 bits per heavy atom. The number of hydrogen-bond acceptors (Lipinski definition) is 3. The van der Waals surface area contributed by atoms with Gasteiger partial charge in [0.1, 0.15) is 5.54 Å². The van der Waals surface area contributed by atoms with Crippen molar-refractivity contribution in [2.45, 2.75) is 58.0 Å². The monoisotopic (exact) mass is 242 g/mol. The molecule has 1 aliphatic rings. The molecule has 0 amide bonds. The lowest BCUT2D eigenvalue weighted by atomic mass is 9.95. The molecule has 1 saturated heterocycles. The molecular weight excluding hydrogens is 216 g/mol. The normalized spacial score (nSPS) is 25.5. The Balaban J connectivity index is 2.48. The molecule has 0 spiro atoms. The van der Waals surface area contributed by atoms with Gasteiger partial charge in [0.25, 0.3) is 0 Å². The van der Waals surface area contributed by atoms with Crippen LogP contribution in [0.3, 0.4) is 0 Å². The highest BCUT2D eigenvalue weighted by Gasteiger charge is 2.32. The quantitative estimate of drug-likeness (QED) is 0.744. The number of piperidine rings is 1. The van der Waals surface area contributed by atoms with Crippen LogP contribution in [0.15, 0.2) is 0 Å². The summed E-state index contributed by atoms with van der Waals surface area (Å²) in [6, 6.07) is 0.600. The molecular formula is C13H26N2O2. The Kier molecular flexibility index (Phi) is 5.40. The van der Waals surface area contributed by atoms with Crippen molar-refractivity contribution >= 4 is 5.97 Å². The number of nitrogens with zero attached hydrogens (tertiary/aromatic N) is 1. The van der Waals surface area contributed by atoms with E-state index in [0.717, 1.165) is 13.1 Å². The van der Waals surface area contributed by atoms with Gasteiger partial charge in [-0.3, -0.25) is 4.79 Å². The first-order chi connectivity index (χ1) is 7.99. The maximum atomic E-state index is 11.3. The van der Waals surface area contributed by atoms with Gasteiger partial charge in [0.15, 0.2) is 0 Å². The van der Waals surface area contributed by atoms with Crippen molar-refractivity contribution in [1.29, 1.82) is 0 Å². The van der Waals surface area contributed by atoms with E-state index >= 15 is 0 Å². The first kappa shape index (κ1) is 14.5. The van der Waals surface area contributed by atoms with Gasteiger partial charge >= 0.3 is 5.97 Å². The third-order valence-electron chi connectivity index (χ3n) is 3.88. The summed E-state index contributed by atoms with van der Waals surface area (Å²) >= 11 is 0. The average molecular weight is 242 g/mol. The lowest BCUT2D eigenvalue weighted by Gasteiger charge is -2.36. The number of carboxylic acid groups (broad SMARTS) is 1. The van der Waals surface area contributed by atoms with Gasteiger partial charge < -0.3 is 15.3 Å². The maximum absolute atomic E-state index is 11.3. The van der Waals surface area contributed by atoms with E-state index < -0.39 is 11.5 Å². The van der Waals surface area contributed by atoms with Gasteiger partial charge in [-0.15, -0.1) is 0 Å². The van der Waals surface area contributed by atoms with Crippen LogP contribution in [0.5, 0.6) is 0 Å². The molecule has 0 aliphatic carbocycles. The molecule has 2 unspecified atom stereocenters. The molecule has 1 rings (SSSR count). The van der Waals surface area contributed by atoms with Gasteiger partial charge in [0, 0.05) is 12.6 Å². The number of nitrogens with one attached hydrogen (secondary N) is 1. The Bertz CT molecular complexity index is 258. The number of carbonyl (C=O) groups is 1. The molecule has 0 aromatic carbocycles. The maximum Gasteiger partial charge on any atom is 0.323 e. The van der Waals surface area contributed by atoms with Crippen molar-refractivity contribution in [3.8, 4) is 0 Å². The summed E-state index contributed by atoms with van der Waals surface area (Å²) in [5, 5.41) is 12.4. The number of likely N-dealkylation sites (tertiary alicyclic amines) is 1. The van der Waals surface area contributed by atoms with Crippen LogP contribution in [0.4, 0.5) is 0 Å². The highest BCUT2D eigenvalue weighted by atomic mass is 16.4. The summed E-state index contributed by atoms with van der Waals surface area (Å²) in [5.74, 6) is -0.746. The molecule has 2 N–H and O–H groups in total. The number of rotatable bonds is 6. The summed E-state index contributed by atoms with van der Waals surface area (Å²) in [5.41, 5.74) is -0.786. The number of carboxylic acids is 1. The summed E-state index contributed by atoms with van der Waals surface area (Å²) in [7, 11) is 0. The zero-order chi connectivity index (χ0) is 12.9. The van der Waals surface area contributed by atoms with Crippen LogP contribution in [-0.4, -0.2) is 47.2 Å². The van der Waals surface area contributed by atoms with E-state index in [-0.39, 0.29) is 0 Å². The summed E-state index contributed by atoms with van der Waals surface area (Å²) in [6.07, 6.45) is 4.46. The van der Waals surface area contributed by atoms with E-state index in [1.807, 2.05) is 6.92 Å². The fourth-order valence-corrected chi connectivity index (χ4v) is 2.52. The Morgan fingerprint density at radius 1 is 1.53 bits per heavy atom. The van der Waals surface area contributed by atoms with Crippen LogP contribution in [0.25, 0.3) is 0 Å². The molecule has 4 heteroatoms. The van der Waals surface area contributed by atoms with Crippen LogP contribution in [0.1, 0.15) is 46.5 Å². The largest absolute Gasteiger partial charge is 0.480 e. The predicted molar refractivity (Wildman–Crippen MR) is 69.2 cm³/mol. The second-order valence-electron chi connectivity index (χ2n) is 5.30. The average Bonchev–Trinajstić information content (AvgIpc) is 2.28. The third-order valence-corrected chi connectivity index (χ3v) is 3.88. The molecule has 4 nitrogen and oxygen atoms in total. The minimum atomic E-state index is -0.786. The smallest absolute Gasteiger partial charge is 0.323 e. The van der Waals surface area contributed by atoms with E-state index in [1.165, 1.54) is 19.3 Å². The van der Waals surface area contributed by atoms with Gasteiger partial charge in [-0.05, 0) is 46.2 Å². The van der Waals surface area contributed by atoms with Gasteiger partial charge in [0.05, 0.1) is 0 Å². The third kappa shape index (κ3) is 3.96. The predicted octanol–water partition coefficient (Wildman–Crippen LogP) is 1.70. The van der Waals surface area contributed by atoms with Crippen LogP contribution in [0, 0.1) is 0 Å². The lowest BCUT2D eigenvalue weighted by molar-refractivity contribution is -0.144. The topological polar surface area (TPSA) is 52.6 Å². The highest BCUT2D eigenvalue weighted by molar-refractivity contribution is 5.78. The molecule has 1 heterocycles. The van der Waals surface area contributed by atoms with E-state index in [2.05, 4.69) is 17.1 Å². The molecule has 2 atom stereocenters. The first-order valence-corrected chi connectivity index (χ1v) is 6.72. The van der Waals surface area contributed by atoms with Crippen molar-refractivity contribution < 1.29 is 9.90 Å². The van der Waals surface area contributed by atoms with E-state index in [4.69, 9.17) is 0 Å². The molecule has 0 saturated carbocycles. The van der Waals surface area contributed by atoms with Crippen LogP contribution in [-0.2, 0) is 4.79 Å². The van der Waals surface area contributed by atoms with Gasteiger partial charge in [-0.2, -0.15) is 0 Å². The minimum absolute atomic E-state index is 0.600. The number of aliphatic carboxylic acids is 1. The standard InChI is InChI=1S/C13H26N2O2/c1-4-14-13(3,12(16)17)8-10-15-9-6-5-7-11(15)2/h11,14H,4-10H2,1-3H3,(H,16,17). The van der Waals surface area contributed by atoms with Crippen molar-refractivity contribution in [3.63, 3.8) is 0 Å². The molecule has 0 aromatic heterocycles. The second kappa shape index (κ2) is 6.36. The highest BCUT2D eigenvalue weighted by Crippen LogP contribution is 2.19. The van der Waals surface area contributed by atoms with Crippen molar-refractivity contribution in [2.24, 2.45) is 0 Å². The van der Waals surface area contributed by atoms with Crippen molar-refractivity contribution in [1.82, 2.24) is 10.2 Å². The van der Waals surface area contributed by atoms with Crippen LogP contribution in [0.2, 0.25) is 0 Å². The molecule has 17 heavy (non-hydrogen) atoms. The fraction of sp³-hybridized carbons (Fsp3) is 0.923. The van der Waals surface area contributed by atoms with Crippen LogP contribution >= 0.6 is 0 Å². The van der Waals surface area contributed by atoms with Gasteiger partial charge in [0.2, 0.25) is 0 Å². The van der Waals surface area contributed by atoms with E-state index in [0.29, 0.717) is 19.0 Å². The summed E-state index contributed by atoms with van der Waals surface area (Å²) in [4.78, 5) is 13.7. The van der Waals surface area contributed by atoms with Crippen molar-refractivity contribution in [3.05, 3.63) is 0 Å². The lowest BCUT2D eigenvalue weighted by Crippen LogP contribution is -2.52. The Morgan fingerprint density at radius 3 is 2.76 bits per heavy atom. The SMILES string of the molecule is CCNC(C)(CCN1CCCCC1C)C(=O)O. The number of likely N-dealkylation sites (N-methyl/N-ethyl adjacent to an activating group) is 1. The molecule has 1 fully saturated rings. The molecule has 0 aromatic rings.